The molecule has 1 aliphatic heterocycles. The number of aromatic nitrogens is 5. The van der Waals surface area contributed by atoms with Crippen molar-refractivity contribution in [1.82, 2.24) is 25.6 Å². The molecule has 0 aliphatic carbocycles. The van der Waals surface area contributed by atoms with Crippen molar-refractivity contribution in [2.24, 2.45) is 5.73 Å². The van der Waals surface area contributed by atoms with Crippen molar-refractivity contribution in [2.45, 2.75) is 18.9 Å². The molecule has 1 atom stereocenters. The summed E-state index contributed by atoms with van der Waals surface area (Å²) in [7, 11) is 0. The Morgan fingerprint density at radius 2 is 2.21 bits per heavy atom. The van der Waals surface area contributed by atoms with Gasteiger partial charge in [0.15, 0.2) is 0 Å². The summed E-state index contributed by atoms with van der Waals surface area (Å²) in [5, 5.41) is 13.5. The van der Waals surface area contributed by atoms with Gasteiger partial charge in [0.2, 0.25) is 11.7 Å². The maximum Gasteiger partial charge on any atom is 0.414 e. The van der Waals surface area contributed by atoms with E-state index in [0.29, 0.717) is 34.8 Å². The molecule has 2 aromatic heterocycles. The first-order valence-electron chi connectivity index (χ1n) is 8.77. The number of halogens is 1. The van der Waals surface area contributed by atoms with E-state index in [-0.39, 0.29) is 13.0 Å². The molecule has 3 aromatic rings. The van der Waals surface area contributed by atoms with Crippen LogP contribution in [-0.4, -0.2) is 50.3 Å². The van der Waals surface area contributed by atoms with Crippen molar-refractivity contribution in [1.29, 1.82) is 0 Å². The van der Waals surface area contributed by atoms with E-state index < -0.39 is 23.9 Å². The number of hydrogen-bond donors (Lipinski definition) is 2. The minimum atomic E-state index is -0.585. The topological polar surface area (TPSA) is 140 Å². The number of carbonyl (C=O) groups excluding carboxylic acids is 2. The number of pyridine rings is 1. The quantitative estimate of drug-likeness (QED) is 0.644. The Bertz CT molecular complexity index is 1040. The van der Waals surface area contributed by atoms with Crippen molar-refractivity contribution in [3.05, 3.63) is 42.3 Å². The van der Waals surface area contributed by atoms with Gasteiger partial charge in [0.05, 0.1) is 12.2 Å². The number of rotatable bonds is 6. The molecule has 4 rings (SSSR count). The van der Waals surface area contributed by atoms with E-state index in [2.05, 4.69) is 25.6 Å². The number of anilines is 1. The minimum absolute atomic E-state index is 0.117. The van der Waals surface area contributed by atoms with Gasteiger partial charge in [0.1, 0.15) is 17.6 Å². The summed E-state index contributed by atoms with van der Waals surface area (Å²) in [6, 6.07) is 7.82. The van der Waals surface area contributed by atoms with Crippen LogP contribution in [0.1, 0.15) is 12.8 Å². The van der Waals surface area contributed by atoms with E-state index in [9.17, 15) is 14.0 Å². The highest BCUT2D eigenvalue weighted by Crippen LogP contribution is 2.30. The average molecular weight is 397 g/mol. The first kappa shape index (κ1) is 18.5. The number of benzene rings is 1. The zero-order valence-electron chi connectivity index (χ0n) is 15.1. The van der Waals surface area contributed by atoms with Crippen LogP contribution in [0.15, 0.2) is 36.5 Å². The van der Waals surface area contributed by atoms with Gasteiger partial charge in [0, 0.05) is 23.7 Å². The molecule has 0 radical (unpaired) electrons. The van der Waals surface area contributed by atoms with Crippen LogP contribution in [0.2, 0.25) is 0 Å². The maximum atomic E-state index is 14.7. The monoisotopic (exact) mass is 397 g/mol. The van der Waals surface area contributed by atoms with Crippen molar-refractivity contribution >= 4 is 17.7 Å². The molecule has 148 valence electrons. The van der Waals surface area contributed by atoms with Gasteiger partial charge in [-0.1, -0.05) is 6.07 Å². The SMILES string of the molecule is NC(=O)CCC1CN(c2ccc(-c3ccc(-c4nn[nH]n4)nc3)c(F)c2)C(=O)O1. The fraction of sp³-hybridized carbons (Fsp3) is 0.222. The predicted molar refractivity (Wildman–Crippen MR) is 98.8 cm³/mol. The van der Waals surface area contributed by atoms with Gasteiger partial charge in [-0.2, -0.15) is 5.21 Å². The summed E-state index contributed by atoms with van der Waals surface area (Å²) >= 11 is 0. The van der Waals surface area contributed by atoms with Gasteiger partial charge in [-0.15, -0.1) is 10.2 Å². The lowest BCUT2D eigenvalue weighted by molar-refractivity contribution is -0.118. The molecule has 3 heterocycles. The largest absolute Gasteiger partial charge is 0.444 e. The number of carbonyl (C=O) groups is 2. The van der Waals surface area contributed by atoms with Crippen LogP contribution in [0.3, 0.4) is 0 Å². The Balaban J connectivity index is 1.51. The van der Waals surface area contributed by atoms with E-state index in [4.69, 9.17) is 10.5 Å². The van der Waals surface area contributed by atoms with Crippen molar-refractivity contribution < 1.29 is 18.7 Å². The van der Waals surface area contributed by atoms with Crippen molar-refractivity contribution in [3.63, 3.8) is 0 Å². The number of nitrogens with two attached hydrogens (primary N) is 1. The maximum absolute atomic E-state index is 14.7. The second-order valence-electron chi connectivity index (χ2n) is 6.45. The molecule has 1 aliphatic rings. The third-order valence-electron chi connectivity index (χ3n) is 4.50. The number of amides is 2. The molecule has 1 fully saturated rings. The molecule has 1 unspecified atom stereocenters. The Morgan fingerprint density at radius 1 is 1.34 bits per heavy atom. The van der Waals surface area contributed by atoms with Crippen molar-refractivity contribution in [2.75, 3.05) is 11.4 Å². The Kier molecular flexibility index (Phi) is 4.85. The summed E-state index contributed by atoms with van der Waals surface area (Å²) in [6.07, 6.45) is 0.910. The molecule has 1 saturated heterocycles. The normalized spacial score (nSPS) is 16.1. The Morgan fingerprint density at radius 3 is 2.86 bits per heavy atom. The number of hydrogen-bond acceptors (Lipinski definition) is 7. The standard InChI is InChI=1S/C18H16FN7O3/c19-14-7-11(26-9-12(29-18(26)28)3-6-16(20)27)2-4-13(14)10-1-5-15(21-8-10)17-22-24-25-23-17/h1-2,4-5,7-8,12H,3,6,9H2,(H2,20,27)(H,22,23,24,25). The third kappa shape index (κ3) is 3.88. The number of primary amides is 1. The van der Waals surface area contributed by atoms with E-state index in [1.165, 1.54) is 17.2 Å². The summed E-state index contributed by atoms with van der Waals surface area (Å²) in [6.45, 7) is 0.228. The summed E-state index contributed by atoms with van der Waals surface area (Å²) in [5.74, 6) is -0.635. The fourth-order valence-electron chi connectivity index (χ4n) is 3.05. The summed E-state index contributed by atoms with van der Waals surface area (Å²) in [4.78, 5) is 28.5. The predicted octanol–water partition coefficient (Wildman–Crippen LogP) is 1.66. The highest BCUT2D eigenvalue weighted by molar-refractivity contribution is 5.90. The molecular formula is C18H16FN7O3. The number of cyclic esters (lactones) is 1. The zero-order valence-corrected chi connectivity index (χ0v) is 15.1. The molecule has 29 heavy (non-hydrogen) atoms. The molecule has 1 aromatic carbocycles. The van der Waals surface area contributed by atoms with Crippen LogP contribution in [0.5, 0.6) is 0 Å². The zero-order chi connectivity index (χ0) is 20.4. The molecule has 0 saturated carbocycles. The lowest BCUT2D eigenvalue weighted by atomic mass is 10.1. The van der Waals surface area contributed by atoms with E-state index in [1.54, 1.807) is 24.3 Å². The van der Waals surface area contributed by atoms with Gasteiger partial charge in [0.25, 0.3) is 0 Å². The van der Waals surface area contributed by atoms with Gasteiger partial charge < -0.3 is 10.5 Å². The van der Waals surface area contributed by atoms with Crippen LogP contribution in [0.4, 0.5) is 14.9 Å². The van der Waals surface area contributed by atoms with E-state index >= 15 is 0 Å². The molecule has 0 bridgehead atoms. The minimum Gasteiger partial charge on any atom is -0.444 e. The molecule has 11 heteroatoms. The lowest BCUT2D eigenvalue weighted by Gasteiger charge is -2.14. The third-order valence-corrected chi connectivity index (χ3v) is 4.50. The number of nitrogens with zero attached hydrogens (tertiary/aromatic N) is 5. The lowest BCUT2D eigenvalue weighted by Crippen LogP contribution is -2.25. The van der Waals surface area contributed by atoms with Gasteiger partial charge in [-0.3, -0.25) is 14.7 Å². The number of aromatic amines is 1. The van der Waals surface area contributed by atoms with Gasteiger partial charge >= 0.3 is 6.09 Å². The summed E-state index contributed by atoms with van der Waals surface area (Å²) in [5.41, 5.74) is 6.88. The van der Waals surface area contributed by atoms with E-state index in [0.717, 1.165) is 0 Å². The number of tetrazole rings is 1. The second-order valence-corrected chi connectivity index (χ2v) is 6.45. The van der Waals surface area contributed by atoms with E-state index in [1.807, 2.05) is 0 Å². The smallest absolute Gasteiger partial charge is 0.414 e. The fourth-order valence-corrected chi connectivity index (χ4v) is 3.05. The van der Waals surface area contributed by atoms with Gasteiger partial charge in [-0.25, -0.2) is 9.18 Å². The number of ether oxygens (including phenoxy) is 1. The highest BCUT2D eigenvalue weighted by atomic mass is 19.1. The molecule has 2 amide bonds. The number of nitrogens with one attached hydrogen (secondary N) is 1. The number of H-pyrrole nitrogens is 1. The first-order chi connectivity index (χ1) is 14.0. The van der Waals surface area contributed by atoms with Crippen LogP contribution in [-0.2, 0) is 9.53 Å². The first-order valence-corrected chi connectivity index (χ1v) is 8.77. The van der Waals surface area contributed by atoms with Crippen molar-refractivity contribution in [3.8, 4) is 22.6 Å². The molecule has 10 nitrogen and oxygen atoms in total. The average Bonchev–Trinajstić information content (AvgIpc) is 3.36. The van der Waals surface area contributed by atoms with Gasteiger partial charge in [-0.05, 0) is 35.9 Å². The van der Waals surface area contributed by atoms with Crippen LogP contribution < -0.4 is 10.6 Å². The molecular weight excluding hydrogens is 381 g/mol. The molecule has 3 N–H and O–H groups in total. The van der Waals surface area contributed by atoms with Crippen LogP contribution >= 0.6 is 0 Å². The second kappa shape index (κ2) is 7.62. The summed E-state index contributed by atoms with van der Waals surface area (Å²) < 4.78 is 19.9. The highest BCUT2D eigenvalue weighted by Gasteiger charge is 2.32. The Hall–Kier alpha value is -3.89. The Labute approximate surface area is 163 Å². The molecule has 0 spiro atoms. The van der Waals surface area contributed by atoms with Crippen LogP contribution in [0.25, 0.3) is 22.6 Å². The van der Waals surface area contributed by atoms with Crippen LogP contribution in [0, 0.1) is 5.82 Å².